The first-order chi connectivity index (χ1) is 11.1. The lowest BCUT2D eigenvalue weighted by Crippen LogP contribution is -2.12. The van der Waals surface area contributed by atoms with Gasteiger partial charge in [0.2, 0.25) is 0 Å². The van der Waals surface area contributed by atoms with Crippen molar-refractivity contribution in [3.05, 3.63) is 40.9 Å². The zero-order chi connectivity index (χ0) is 16.7. The maximum absolute atomic E-state index is 12.1. The number of ether oxygens (including phenoxy) is 2. The van der Waals surface area contributed by atoms with Gasteiger partial charge >= 0.3 is 5.97 Å². The molecule has 0 fully saturated rings. The molecule has 1 heterocycles. The normalized spacial score (nSPS) is 10.2. The van der Waals surface area contributed by atoms with E-state index in [1.807, 2.05) is 6.92 Å². The summed E-state index contributed by atoms with van der Waals surface area (Å²) >= 11 is 1.27. The largest absolute Gasteiger partial charge is 0.494 e. The van der Waals surface area contributed by atoms with E-state index in [-0.39, 0.29) is 18.3 Å². The van der Waals surface area contributed by atoms with Crippen molar-refractivity contribution in [1.29, 1.82) is 0 Å². The lowest BCUT2D eigenvalue weighted by Gasteiger charge is -2.04. The Labute approximate surface area is 138 Å². The Hall–Kier alpha value is -2.41. The van der Waals surface area contributed by atoms with E-state index in [0.717, 1.165) is 5.75 Å². The van der Waals surface area contributed by atoms with Crippen molar-refractivity contribution >= 4 is 28.3 Å². The van der Waals surface area contributed by atoms with Gasteiger partial charge in [-0.3, -0.25) is 14.9 Å². The van der Waals surface area contributed by atoms with E-state index in [0.29, 0.717) is 29.6 Å². The summed E-state index contributed by atoms with van der Waals surface area (Å²) in [6, 6.07) is 6.86. The number of amides is 1. The van der Waals surface area contributed by atoms with E-state index in [1.54, 1.807) is 36.6 Å². The Balaban J connectivity index is 1.95. The first-order valence-electron chi connectivity index (χ1n) is 7.26. The standard InChI is InChI=1S/C16H18N2O4S/c1-3-21-13-7-5-11(6-8-13)15(20)18-16-17-12(10-23-16)9-14(19)22-4-2/h5-8,10H,3-4,9H2,1-2H3,(H,17,18,20). The van der Waals surface area contributed by atoms with Gasteiger partial charge in [-0.2, -0.15) is 0 Å². The Morgan fingerprint density at radius 2 is 1.91 bits per heavy atom. The van der Waals surface area contributed by atoms with Crippen molar-refractivity contribution < 1.29 is 19.1 Å². The van der Waals surface area contributed by atoms with Crippen molar-refractivity contribution in [1.82, 2.24) is 4.98 Å². The molecule has 23 heavy (non-hydrogen) atoms. The number of anilines is 1. The third kappa shape index (κ3) is 5.07. The first kappa shape index (κ1) is 17.0. The zero-order valence-electron chi connectivity index (χ0n) is 13.0. The molecular formula is C16H18N2O4S. The molecular weight excluding hydrogens is 316 g/mol. The summed E-state index contributed by atoms with van der Waals surface area (Å²) in [7, 11) is 0. The molecule has 122 valence electrons. The Morgan fingerprint density at radius 3 is 2.57 bits per heavy atom. The molecule has 1 amide bonds. The highest BCUT2D eigenvalue weighted by atomic mass is 32.1. The molecule has 6 nitrogen and oxygen atoms in total. The SMILES string of the molecule is CCOC(=O)Cc1csc(NC(=O)c2ccc(OCC)cc2)n1. The molecule has 0 aliphatic carbocycles. The summed E-state index contributed by atoms with van der Waals surface area (Å²) in [5.74, 6) is 0.127. The van der Waals surface area contributed by atoms with Gasteiger partial charge in [0.1, 0.15) is 5.75 Å². The van der Waals surface area contributed by atoms with Gasteiger partial charge in [-0.1, -0.05) is 0 Å². The molecule has 2 aromatic rings. The van der Waals surface area contributed by atoms with Gasteiger partial charge in [0.05, 0.1) is 25.3 Å². The molecule has 0 atom stereocenters. The van der Waals surface area contributed by atoms with Crippen LogP contribution >= 0.6 is 11.3 Å². The van der Waals surface area contributed by atoms with Crippen LogP contribution in [0.25, 0.3) is 0 Å². The van der Waals surface area contributed by atoms with Crippen LogP contribution in [-0.4, -0.2) is 30.1 Å². The summed E-state index contributed by atoms with van der Waals surface area (Å²) in [6.07, 6.45) is 0.100. The number of nitrogens with zero attached hydrogens (tertiary/aromatic N) is 1. The van der Waals surface area contributed by atoms with Gasteiger partial charge in [-0.15, -0.1) is 11.3 Å². The molecule has 0 saturated heterocycles. The minimum Gasteiger partial charge on any atom is -0.494 e. The molecule has 0 aliphatic rings. The molecule has 0 saturated carbocycles. The number of aromatic nitrogens is 1. The highest BCUT2D eigenvalue weighted by Crippen LogP contribution is 2.18. The molecule has 0 unspecified atom stereocenters. The Morgan fingerprint density at radius 1 is 1.17 bits per heavy atom. The Kier molecular flexibility index (Phi) is 6.10. The van der Waals surface area contributed by atoms with Crippen molar-refractivity contribution in [3.63, 3.8) is 0 Å². The second-order valence-corrected chi connectivity index (χ2v) is 5.40. The second-order valence-electron chi connectivity index (χ2n) is 4.54. The maximum atomic E-state index is 12.1. The number of esters is 1. The van der Waals surface area contributed by atoms with Crippen LogP contribution in [0.1, 0.15) is 29.9 Å². The summed E-state index contributed by atoms with van der Waals surface area (Å²) in [5, 5.41) is 4.89. The van der Waals surface area contributed by atoms with Crippen LogP contribution in [0.5, 0.6) is 5.75 Å². The van der Waals surface area contributed by atoms with Crippen LogP contribution in [0.2, 0.25) is 0 Å². The van der Waals surface area contributed by atoms with Gasteiger partial charge in [0.25, 0.3) is 5.91 Å². The number of hydrogen-bond acceptors (Lipinski definition) is 6. The van der Waals surface area contributed by atoms with Crippen molar-refractivity contribution in [2.24, 2.45) is 0 Å². The van der Waals surface area contributed by atoms with Crippen molar-refractivity contribution in [3.8, 4) is 5.75 Å². The third-order valence-electron chi connectivity index (χ3n) is 2.83. The topological polar surface area (TPSA) is 77.5 Å². The highest BCUT2D eigenvalue weighted by molar-refractivity contribution is 7.14. The minimum absolute atomic E-state index is 0.100. The first-order valence-corrected chi connectivity index (χ1v) is 8.14. The molecule has 0 bridgehead atoms. The van der Waals surface area contributed by atoms with Crippen LogP contribution < -0.4 is 10.1 Å². The number of nitrogens with one attached hydrogen (secondary N) is 1. The maximum Gasteiger partial charge on any atom is 0.311 e. The highest BCUT2D eigenvalue weighted by Gasteiger charge is 2.11. The summed E-state index contributed by atoms with van der Waals surface area (Å²) in [6.45, 7) is 4.57. The number of carbonyl (C=O) groups is 2. The molecule has 7 heteroatoms. The average molecular weight is 334 g/mol. The molecule has 1 N–H and O–H groups in total. The van der Waals surface area contributed by atoms with E-state index in [4.69, 9.17) is 9.47 Å². The lowest BCUT2D eigenvalue weighted by atomic mass is 10.2. The Bertz CT molecular complexity index is 667. The van der Waals surface area contributed by atoms with E-state index >= 15 is 0 Å². The van der Waals surface area contributed by atoms with Gasteiger partial charge < -0.3 is 9.47 Å². The van der Waals surface area contributed by atoms with Crippen LogP contribution in [-0.2, 0) is 16.0 Å². The monoisotopic (exact) mass is 334 g/mol. The van der Waals surface area contributed by atoms with Crippen LogP contribution in [0.15, 0.2) is 29.6 Å². The van der Waals surface area contributed by atoms with E-state index in [9.17, 15) is 9.59 Å². The van der Waals surface area contributed by atoms with Crippen LogP contribution in [0.3, 0.4) is 0 Å². The van der Waals surface area contributed by atoms with Crippen molar-refractivity contribution in [2.75, 3.05) is 18.5 Å². The van der Waals surface area contributed by atoms with E-state index in [1.165, 1.54) is 11.3 Å². The quantitative estimate of drug-likeness (QED) is 0.788. The summed E-state index contributed by atoms with van der Waals surface area (Å²) in [4.78, 5) is 27.7. The van der Waals surface area contributed by atoms with Crippen LogP contribution in [0, 0.1) is 0 Å². The van der Waals surface area contributed by atoms with Gasteiger partial charge in [0.15, 0.2) is 5.13 Å². The number of hydrogen-bond donors (Lipinski definition) is 1. The zero-order valence-corrected chi connectivity index (χ0v) is 13.8. The lowest BCUT2D eigenvalue weighted by molar-refractivity contribution is -0.142. The van der Waals surface area contributed by atoms with Crippen LogP contribution in [0.4, 0.5) is 5.13 Å². The average Bonchev–Trinajstić information content (AvgIpc) is 2.95. The number of carbonyl (C=O) groups excluding carboxylic acids is 2. The summed E-state index contributed by atoms with van der Waals surface area (Å²) < 4.78 is 10.2. The molecule has 2 rings (SSSR count). The fourth-order valence-electron chi connectivity index (χ4n) is 1.84. The molecule has 0 aliphatic heterocycles. The summed E-state index contributed by atoms with van der Waals surface area (Å²) in [5.41, 5.74) is 1.09. The fraction of sp³-hybridized carbons (Fsp3) is 0.312. The minimum atomic E-state index is -0.331. The van der Waals surface area contributed by atoms with E-state index < -0.39 is 0 Å². The number of thiazole rings is 1. The smallest absolute Gasteiger partial charge is 0.311 e. The fourth-order valence-corrected chi connectivity index (χ4v) is 2.55. The predicted octanol–water partition coefficient (Wildman–Crippen LogP) is 2.90. The second kappa shape index (κ2) is 8.28. The van der Waals surface area contributed by atoms with Gasteiger partial charge in [0, 0.05) is 10.9 Å². The van der Waals surface area contributed by atoms with Gasteiger partial charge in [-0.05, 0) is 38.1 Å². The number of benzene rings is 1. The predicted molar refractivity (Wildman–Crippen MR) is 88.0 cm³/mol. The van der Waals surface area contributed by atoms with Gasteiger partial charge in [-0.25, -0.2) is 4.98 Å². The molecule has 1 aromatic heterocycles. The third-order valence-corrected chi connectivity index (χ3v) is 3.64. The molecule has 1 aromatic carbocycles. The van der Waals surface area contributed by atoms with Crippen molar-refractivity contribution in [2.45, 2.75) is 20.3 Å². The number of rotatable bonds is 7. The molecule has 0 spiro atoms. The molecule has 0 radical (unpaired) electrons. The van der Waals surface area contributed by atoms with E-state index in [2.05, 4.69) is 10.3 Å².